The van der Waals surface area contributed by atoms with E-state index in [4.69, 9.17) is 0 Å². The predicted octanol–water partition coefficient (Wildman–Crippen LogP) is 6.71. The second kappa shape index (κ2) is 4.73. The van der Waals surface area contributed by atoms with Crippen LogP contribution >= 0.6 is 0 Å². The lowest BCUT2D eigenvalue weighted by molar-refractivity contribution is -0.397. The summed E-state index contributed by atoms with van der Waals surface area (Å²) in [6.45, 7) is 13.7. The van der Waals surface area contributed by atoms with Gasteiger partial charge in [0.15, 0.2) is 0 Å². The molecule has 31 heavy (non-hydrogen) atoms. The van der Waals surface area contributed by atoms with Crippen LogP contribution in [0.4, 0.5) is 0 Å². The molecule has 0 radical (unpaired) electrons. The van der Waals surface area contributed by atoms with E-state index in [2.05, 4.69) is 34.6 Å². The molecule has 0 aliphatic heterocycles. The summed E-state index contributed by atoms with van der Waals surface area (Å²) in [5, 5.41) is 0. The van der Waals surface area contributed by atoms with Crippen molar-refractivity contribution < 1.29 is 0 Å². The van der Waals surface area contributed by atoms with Crippen LogP contribution in [0.25, 0.3) is 0 Å². The molecule has 10 aliphatic carbocycles. The second-order valence-corrected chi connectivity index (χ2v) is 15.9. The third-order valence-corrected chi connectivity index (χ3v) is 17.2. The van der Waals surface area contributed by atoms with Crippen molar-refractivity contribution in [1.29, 1.82) is 0 Å². The molecule has 10 fully saturated rings. The highest BCUT2D eigenvalue weighted by Crippen LogP contribution is 2.89. The maximum absolute atomic E-state index is 2.78. The predicted molar refractivity (Wildman–Crippen MR) is 123 cm³/mol. The Hall–Kier alpha value is 0. The molecule has 0 spiro atoms. The van der Waals surface area contributed by atoms with Crippen LogP contribution in [0.1, 0.15) is 60.3 Å². The molecule has 0 aromatic heterocycles. The van der Waals surface area contributed by atoms with E-state index in [-0.39, 0.29) is 0 Å². The average molecular weight is 417 g/mol. The van der Waals surface area contributed by atoms with Gasteiger partial charge in [0.1, 0.15) is 0 Å². The molecule has 10 saturated carbocycles. The van der Waals surface area contributed by atoms with Gasteiger partial charge in [-0.2, -0.15) is 0 Å². The zero-order valence-corrected chi connectivity index (χ0v) is 20.5. The zero-order chi connectivity index (χ0) is 20.5. The zero-order valence-electron chi connectivity index (χ0n) is 20.5. The first-order chi connectivity index (χ1) is 15.0. The van der Waals surface area contributed by atoms with Gasteiger partial charge >= 0.3 is 0 Å². The molecule has 10 rings (SSSR count). The summed E-state index contributed by atoms with van der Waals surface area (Å²) in [5.74, 6) is 24.3. The molecule has 0 aromatic rings. The summed E-state index contributed by atoms with van der Waals surface area (Å²) in [6.07, 6.45) is 6.54. The van der Waals surface area contributed by atoms with E-state index in [1.807, 2.05) is 0 Å². The minimum Gasteiger partial charge on any atom is -0.0619 e. The van der Waals surface area contributed by atoms with Gasteiger partial charge in [-0.1, -0.05) is 34.6 Å². The van der Waals surface area contributed by atoms with E-state index in [0.29, 0.717) is 0 Å². The van der Waals surface area contributed by atoms with Crippen molar-refractivity contribution in [1.82, 2.24) is 0 Å². The smallest absolute Gasteiger partial charge is 0.0235 e. The summed E-state index contributed by atoms with van der Waals surface area (Å²) in [5.41, 5.74) is 0.730. The second-order valence-electron chi connectivity index (χ2n) is 15.9. The molecule has 0 amide bonds. The monoisotopic (exact) mass is 416 g/mol. The molecule has 10 aliphatic rings. The lowest BCUT2D eigenvalue weighted by Gasteiger charge is -2.87. The molecule has 0 heterocycles. The number of hydrogen-bond donors (Lipinski definition) is 0. The first kappa shape index (κ1) is 17.4. The minimum absolute atomic E-state index is 0.730. The van der Waals surface area contributed by atoms with E-state index < -0.39 is 0 Å². The molecule has 0 nitrogen and oxygen atoms in total. The van der Waals surface area contributed by atoms with E-state index in [1.165, 1.54) is 53.3 Å². The van der Waals surface area contributed by atoms with Crippen molar-refractivity contribution >= 4 is 0 Å². The van der Waals surface area contributed by atoms with Crippen molar-refractivity contribution in [2.75, 3.05) is 0 Å². The van der Waals surface area contributed by atoms with Crippen LogP contribution in [0.5, 0.6) is 0 Å². The first-order valence-electron chi connectivity index (χ1n) is 15.0. The van der Waals surface area contributed by atoms with Crippen LogP contribution in [0.15, 0.2) is 0 Å². The van der Waals surface area contributed by atoms with E-state index in [0.717, 1.165) is 76.4 Å². The van der Waals surface area contributed by atoms with Crippen molar-refractivity contribution in [3.8, 4) is 0 Å². The molecule has 6 bridgehead atoms. The Morgan fingerprint density at radius 2 is 0.871 bits per heavy atom. The van der Waals surface area contributed by atoms with Gasteiger partial charge in [-0.15, -0.1) is 0 Å². The van der Waals surface area contributed by atoms with E-state index in [1.54, 1.807) is 25.7 Å². The van der Waals surface area contributed by atoms with Crippen molar-refractivity contribution in [3.05, 3.63) is 0 Å². The van der Waals surface area contributed by atoms with Crippen LogP contribution in [-0.2, 0) is 0 Å². The van der Waals surface area contributed by atoms with Crippen molar-refractivity contribution in [2.45, 2.75) is 60.3 Å². The Bertz CT molecular complexity index is 904. The quantitative estimate of drug-likeness (QED) is 0.412. The Balaban J connectivity index is 1.18. The molecular weight excluding hydrogens is 372 g/mol. The van der Waals surface area contributed by atoms with Crippen LogP contribution in [0.2, 0.25) is 0 Å². The maximum Gasteiger partial charge on any atom is -0.0235 e. The van der Waals surface area contributed by atoms with Crippen LogP contribution < -0.4 is 0 Å². The molecule has 0 heteroatoms. The van der Waals surface area contributed by atoms with Gasteiger partial charge < -0.3 is 0 Å². The summed E-state index contributed by atoms with van der Waals surface area (Å²) in [6, 6.07) is 0. The van der Waals surface area contributed by atoms with Crippen LogP contribution in [0.3, 0.4) is 0 Å². The van der Waals surface area contributed by atoms with Gasteiger partial charge in [0, 0.05) is 0 Å². The lowest BCUT2D eigenvalue weighted by atomic mass is 9.18. The summed E-state index contributed by atoms with van der Waals surface area (Å²) < 4.78 is 0. The SMILES string of the molecule is CC1C2CCC3C1C2C1C(C)C2C3C3C4C5CCC5C4C3C3C(C)C4(C)C(C)C(C12)C34. The fraction of sp³-hybridized carbons (Fsp3) is 1.00. The minimum atomic E-state index is 0.730. The Morgan fingerprint density at radius 3 is 1.45 bits per heavy atom. The number of hydrogen-bond acceptors (Lipinski definition) is 0. The topological polar surface area (TPSA) is 0 Å². The van der Waals surface area contributed by atoms with Gasteiger partial charge in [0.05, 0.1) is 0 Å². The summed E-state index contributed by atoms with van der Waals surface area (Å²) in [7, 11) is 0. The van der Waals surface area contributed by atoms with Crippen molar-refractivity contribution in [3.63, 3.8) is 0 Å². The third-order valence-electron chi connectivity index (χ3n) is 17.2. The number of rotatable bonds is 0. The van der Waals surface area contributed by atoms with Gasteiger partial charge in [-0.25, -0.2) is 0 Å². The average Bonchev–Trinajstić information content (AvgIpc) is 2.86. The Kier molecular flexibility index (Phi) is 2.66. The molecule has 0 N–H and O–H groups in total. The molecular formula is C31H44. The van der Waals surface area contributed by atoms with Gasteiger partial charge in [-0.3, -0.25) is 0 Å². The fourth-order valence-corrected chi connectivity index (χ4v) is 16.3. The summed E-state index contributed by atoms with van der Waals surface area (Å²) in [4.78, 5) is 0. The molecule has 0 aromatic carbocycles. The Labute approximate surface area is 190 Å². The summed E-state index contributed by atoms with van der Waals surface area (Å²) >= 11 is 0. The first-order valence-corrected chi connectivity index (χ1v) is 15.0. The normalized spacial score (nSPS) is 82.9. The highest BCUT2D eigenvalue weighted by Gasteiger charge is 2.85. The standard InChI is InChI=1S/C31H44/c1-10-14-6-9-17-18(10)23(14)19-11(2)20-26(17)29-25-16-8-7-15(16)24(25)28(29)22-13(4)31(5)12(3)21(27(19)20)30(22)31/h10-30H,6-9H2,1-5H3. The molecule has 22 unspecified atom stereocenters. The largest absolute Gasteiger partial charge is 0.0619 e. The van der Waals surface area contributed by atoms with E-state index in [9.17, 15) is 0 Å². The van der Waals surface area contributed by atoms with E-state index >= 15 is 0 Å². The molecule has 22 atom stereocenters. The molecule has 0 saturated heterocycles. The van der Waals surface area contributed by atoms with Gasteiger partial charge in [0.25, 0.3) is 0 Å². The lowest BCUT2D eigenvalue weighted by Crippen LogP contribution is -2.83. The fourth-order valence-electron chi connectivity index (χ4n) is 16.3. The molecule has 168 valence electrons. The highest BCUT2D eigenvalue weighted by atomic mass is 14.9. The number of fused-ring (bicyclic) bond motifs is 13. The van der Waals surface area contributed by atoms with Crippen LogP contribution in [-0.4, -0.2) is 0 Å². The third kappa shape index (κ3) is 1.35. The van der Waals surface area contributed by atoms with Gasteiger partial charge in [0.2, 0.25) is 0 Å². The van der Waals surface area contributed by atoms with Gasteiger partial charge in [-0.05, 0) is 155 Å². The van der Waals surface area contributed by atoms with Crippen molar-refractivity contribution in [2.24, 2.45) is 130 Å². The highest BCUT2D eigenvalue weighted by molar-refractivity contribution is 5.32. The Morgan fingerprint density at radius 1 is 0.419 bits per heavy atom. The van der Waals surface area contributed by atoms with Crippen LogP contribution in [0, 0.1) is 130 Å². The maximum atomic E-state index is 2.78.